The third-order valence-corrected chi connectivity index (χ3v) is 4.42. The summed E-state index contributed by atoms with van der Waals surface area (Å²) in [6, 6.07) is 8.38. The maximum Gasteiger partial charge on any atom is 0.339 e. The highest BCUT2D eigenvalue weighted by Gasteiger charge is 2.31. The number of methoxy groups -OCH3 is 1. The number of carboxylic acid groups (broad SMARTS) is 1. The van der Waals surface area contributed by atoms with Crippen LogP contribution in [0.25, 0.3) is 0 Å². The quantitative estimate of drug-likeness (QED) is 0.892. The number of benzene rings is 2. The van der Waals surface area contributed by atoms with Crippen LogP contribution in [0.15, 0.2) is 30.3 Å². The van der Waals surface area contributed by atoms with E-state index in [0.29, 0.717) is 5.69 Å². The van der Waals surface area contributed by atoms with Gasteiger partial charge in [-0.25, -0.2) is 4.79 Å². The van der Waals surface area contributed by atoms with Crippen LogP contribution in [0.1, 0.15) is 33.0 Å². The summed E-state index contributed by atoms with van der Waals surface area (Å²) in [7, 11) is 1.39. The second-order valence-corrected chi connectivity index (χ2v) is 6.05. The smallest absolute Gasteiger partial charge is 0.339 e. The third-order valence-electron chi connectivity index (χ3n) is 4.42. The Hall–Kier alpha value is -3.02. The number of hydrogen-bond acceptors (Lipinski definition) is 4. The van der Waals surface area contributed by atoms with E-state index in [1.807, 2.05) is 26.0 Å². The van der Waals surface area contributed by atoms with Crippen LogP contribution < -0.4 is 14.8 Å². The zero-order valence-electron chi connectivity index (χ0n) is 14.3. The van der Waals surface area contributed by atoms with E-state index in [2.05, 4.69) is 5.32 Å². The maximum atomic E-state index is 12.6. The lowest BCUT2D eigenvalue weighted by atomic mass is 9.96. The summed E-state index contributed by atoms with van der Waals surface area (Å²) >= 11 is 0. The SMILES string of the molecule is COc1cc(NC(=O)C2COc3cc(C)c(C)cc32)ccc1C(=O)O. The minimum absolute atomic E-state index is 0.0427. The van der Waals surface area contributed by atoms with Gasteiger partial charge < -0.3 is 19.9 Å². The second kappa shape index (κ2) is 6.47. The highest BCUT2D eigenvalue weighted by molar-refractivity contribution is 5.98. The molecule has 1 heterocycles. The Morgan fingerprint density at radius 1 is 1.20 bits per heavy atom. The lowest BCUT2D eigenvalue weighted by molar-refractivity contribution is -0.117. The topological polar surface area (TPSA) is 84.9 Å². The highest BCUT2D eigenvalue weighted by atomic mass is 16.5. The summed E-state index contributed by atoms with van der Waals surface area (Å²) in [5.74, 6) is -0.757. The van der Waals surface area contributed by atoms with Gasteiger partial charge in [0.1, 0.15) is 29.6 Å². The van der Waals surface area contributed by atoms with E-state index < -0.39 is 11.9 Å². The van der Waals surface area contributed by atoms with Crippen molar-refractivity contribution in [3.63, 3.8) is 0 Å². The lowest BCUT2D eigenvalue weighted by Gasteiger charge is -2.13. The van der Waals surface area contributed by atoms with E-state index in [0.717, 1.165) is 22.4 Å². The van der Waals surface area contributed by atoms with Gasteiger partial charge >= 0.3 is 5.97 Å². The van der Waals surface area contributed by atoms with Gasteiger partial charge in [0.2, 0.25) is 5.91 Å². The number of aryl methyl sites for hydroxylation is 2. The van der Waals surface area contributed by atoms with Crippen molar-refractivity contribution in [2.75, 3.05) is 19.0 Å². The van der Waals surface area contributed by atoms with E-state index in [9.17, 15) is 9.59 Å². The summed E-state index contributed by atoms with van der Waals surface area (Å²) < 4.78 is 10.7. The molecule has 0 radical (unpaired) electrons. The van der Waals surface area contributed by atoms with Crippen LogP contribution in [0.3, 0.4) is 0 Å². The predicted molar refractivity (Wildman–Crippen MR) is 92.7 cm³/mol. The fraction of sp³-hybridized carbons (Fsp3) is 0.263. The van der Waals surface area contributed by atoms with Crippen molar-refractivity contribution in [3.05, 3.63) is 52.6 Å². The second-order valence-electron chi connectivity index (χ2n) is 6.05. The Morgan fingerprint density at radius 2 is 1.92 bits per heavy atom. The molecule has 0 saturated carbocycles. The number of ether oxygens (including phenoxy) is 2. The van der Waals surface area contributed by atoms with Crippen LogP contribution in [0.2, 0.25) is 0 Å². The van der Waals surface area contributed by atoms with Gasteiger partial charge in [0.25, 0.3) is 0 Å². The van der Waals surface area contributed by atoms with Crippen molar-refractivity contribution in [1.29, 1.82) is 0 Å². The Bertz CT molecular complexity index is 859. The molecule has 25 heavy (non-hydrogen) atoms. The Labute approximate surface area is 145 Å². The summed E-state index contributed by atoms with van der Waals surface area (Å²) in [6.45, 7) is 4.29. The van der Waals surface area contributed by atoms with Crippen LogP contribution in [0, 0.1) is 13.8 Å². The first-order valence-corrected chi connectivity index (χ1v) is 7.87. The van der Waals surface area contributed by atoms with Crippen molar-refractivity contribution in [2.45, 2.75) is 19.8 Å². The molecule has 6 nitrogen and oxygen atoms in total. The molecule has 2 aromatic carbocycles. The first-order valence-electron chi connectivity index (χ1n) is 7.87. The van der Waals surface area contributed by atoms with Crippen molar-refractivity contribution in [1.82, 2.24) is 0 Å². The molecule has 1 atom stereocenters. The van der Waals surface area contributed by atoms with Crippen LogP contribution in [0.5, 0.6) is 11.5 Å². The minimum atomic E-state index is -1.08. The molecule has 2 aromatic rings. The third kappa shape index (κ3) is 3.15. The summed E-state index contributed by atoms with van der Waals surface area (Å²) in [6.07, 6.45) is 0. The van der Waals surface area contributed by atoms with Gasteiger partial charge in [0.05, 0.1) is 7.11 Å². The summed E-state index contributed by atoms with van der Waals surface area (Å²) in [5, 5.41) is 11.9. The minimum Gasteiger partial charge on any atom is -0.496 e. The number of anilines is 1. The molecular weight excluding hydrogens is 322 g/mol. The summed E-state index contributed by atoms with van der Waals surface area (Å²) in [5.41, 5.74) is 3.61. The van der Waals surface area contributed by atoms with Gasteiger partial charge in [-0.3, -0.25) is 4.79 Å². The molecule has 3 rings (SSSR count). The summed E-state index contributed by atoms with van der Waals surface area (Å²) in [4.78, 5) is 23.8. The van der Waals surface area contributed by atoms with E-state index >= 15 is 0 Å². The molecule has 1 unspecified atom stereocenters. The van der Waals surface area contributed by atoms with Crippen molar-refractivity contribution < 1.29 is 24.2 Å². The Balaban J connectivity index is 1.83. The number of carbonyl (C=O) groups excluding carboxylic acids is 1. The molecule has 0 aromatic heterocycles. The first-order chi connectivity index (χ1) is 11.9. The molecule has 0 fully saturated rings. The normalized spacial score (nSPS) is 15.2. The fourth-order valence-corrected chi connectivity index (χ4v) is 2.86. The monoisotopic (exact) mass is 341 g/mol. The molecular formula is C19H19NO5. The number of rotatable bonds is 4. The fourth-order valence-electron chi connectivity index (χ4n) is 2.86. The van der Waals surface area contributed by atoms with Crippen molar-refractivity contribution in [3.8, 4) is 11.5 Å². The van der Waals surface area contributed by atoms with E-state index in [1.54, 1.807) is 6.07 Å². The predicted octanol–water partition coefficient (Wildman–Crippen LogP) is 3.12. The van der Waals surface area contributed by atoms with Crippen molar-refractivity contribution >= 4 is 17.6 Å². The molecule has 0 saturated heterocycles. The lowest BCUT2D eigenvalue weighted by Crippen LogP contribution is -2.22. The molecule has 1 aliphatic heterocycles. The molecule has 0 spiro atoms. The average molecular weight is 341 g/mol. The number of hydrogen-bond donors (Lipinski definition) is 2. The van der Waals surface area contributed by atoms with E-state index in [1.165, 1.54) is 19.2 Å². The number of fused-ring (bicyclic) bond motifs is 1. The average Bonchev–Trinajstić information content (AvgIpc) is 2.97. The number of amides is 1. The molecule has 2 N–H and O–H groups in total. The van der Waals surface area contributed by atoms with Gasteiger partial charge in [-0.1, -0.05) is 6.07 Å². The molecule has 1 amide bonds. The Morgan fingerprint density at radius 3 is 2.60 bits per heavy atom. The van der Waals surface area contributed by atoms with Gasteiger partial charge in [0, 0.05) is 17.3 Å². The van der Waals surface area contributed by atoms with Gasteiger partial charge in [-0.15, -0.1) is 0 Å². The van der Waals surface area contributed by atoms with Crippen LogP contribution in [-0.2, 0) is 4.79 Å². The van der Waals surface area contributed by atoms with Crippen molar-refractivity contribution in [2.24, 2.45) is 0 Å². The molecule has 6 heteroatoms. The van der Waals surface area contributed by atoms with E-state index in [4.69, 9.17) is 14.6 Å². The number of carboxylic acids is 1. The molecule has 0 aliphatic carbocycles. The number of aromatic carboxylic acids is 1. The van der Waals surface area contributed by atoms with Gasteiger partial charge in [-0.2, -0.15) is 0 Å². The van der Waals surface area contributed by atoms with E-state index in [-0.39, 0.29) is 23.8 Å². The zero-order chi connectivity index (χ0) is 18.1. The number of nitrogens with one attached hydrogen (secondary N) is 1. The largest absolute Gasteiger partial charge is 0.496 e. The zero-order valence-corrected chi connectivity index (χ0v) is 14.3. The standard InChI is InChI=1S/C19H19NO5/c1-10-6-14-15(9-25-17(14)7-11(10)2)18(21)20-12-4-5-13(19(22)23)16(8-12)24-3/h4-8,15H,9H2,1-3H3,(H,20,21)(H,22,23). The Kier molecular flexibility index (Phi) is 4.35. The first kappa shape index (κ1) is 16.8. The maximum absolute atomic E-state index is 12.6. The van der Waals surface area contributed by atoms with Crippen LogP contribution in [0.4, 0.5) is 5.69 Å². The van der Waals surface area contributed by atoms with Gasteiger partial charge in [-0.05, 0) is 43.2 Å². The highest BCUT2D eigenvalue weighted by Crippen LogP contribution is 2.36. The molecule has 130 valence electrons. The van der Waals surface area contributed by atoms with Crippen LogP contribution in [-0.4, -0.2) is 30.7 Å². The van der Waals surface area contributed by atoms with Gasteiger partial charge in [0.15, 0.2) is 0 Å². The molecule has 1 aliphatic rings. The molecule has 0 bridgehead atoms. The van der Waals surface area contributed by atoms with Crippen LogP contribution >= 0.6 is 0 Å². The number of carbonyl (C=O) groups is 2.